The fraction of sp³-hybridized carbons (Fsp3) is 0.643. The van der Waals surface area contributed by atoms with Crippen LogP contribution in [-0.2, 0) is 0 Å². The standard InChI is InChI=1S/C14H21ClN2/c1-10(2)9-17-6-4-5-13(17)12-7-11(3)14(15)16-8-12/h7-8,10,13H,4-6,9H2,1-3H3. The second-order valence-electron chi connectivity index (χ2n) is 5.42. The summed E-state index contributed by atoms with van der Waals surface area (Å²) in [7, 11) is 0. The fourth-order valence-corrected chi connectivity index (χ4v) is 2.76. The van der Waals surface area contributed by atoms with Gasteiger partial charge in [0, 0.05) is 18.8 Å². The minimum Gasteiger partial charge on any atom is -0.296 e. The van der Waals surface area contributed by atoms with Crippen molar-refractivity contribution in [2.45, 2.75) is 39.7 Å². The molecular weight excluding hydrogens is 232 g/mol. The Kier molecular flexibility index (Phi) is 4.05. The van der Waals surface area contributed by atoms with E-state index in [2.05, 4.69) is 29.8 Å². The van der Waals surface area contributed by atoms with Gasteiger partial charge < -0.3 is 0 Å². The third-order valence-electron chi connectivity index (χ3n) is 3.38. The highest BCUT2D eigenvalue weighted by Crippen LogP contribution is 2.33. The molecule has 1 atom stereocenters. The summed E-state index contributed by atoms with van der Waals surface area (Å²) in [5.41, 5.74) is 2.41. The largest absolute Gasteiger partial charge is 0.296 e. The van der Waals surface area contributed by atoms with Gasteiger partial charge in [-0.25, -0.2) is 4.98 Å². The Hall–Kier alpha value is -0.600. The van der Waals surface area contributed by atoms with Gasteiger partial charge in [-0.05, 0) is 49.4 Å². The molecule has 0 aromatic carbocycles. The van der Waals surface area contributed by atoms with E-state index in [0.29, 0.717) is 11.2 Å². The monoisotopic (exact) mass is 252 g/mol. The van der Waals surface area contributed by atoms with Crippen LogP contribution in [0.4, 0.5) is 0 Å². The second kappa shape index (κ2) is 5.36. The first-order valence-electron chi connectivity index (χ1n) is 6.44. The molecule has 1 aromatic heterocycles. The molecule has 0 radical (unpaired) electrons. The van der Waals surface area contributed by atoms with Crippen LogP contribution in [0.2, 0.25) is 5.15 Å². The van der Waals surface area contributed by atoms with Gasteiger partial charge in [0.25, 0.3) is 0 Å². The van der Waals surface area contributed by atoms with Gasteiger partial charge >= 0.3 is 0 Å². The SMILES string of the molecule is Cc1cc(C2CCCN2CC(C)C)cnc1Cl. The molecule has 0 spiro atoms. The summed E-state index contributed by atoms with van der Waals surface area (Å²) in [6.07, 6.45) is 4.48. The van der Waals surface area contributed by atoms with Crippen LogP contribution >= 0.6 is 11.6 Å². The van der Waals surface area contributed by atoms with Gasteiger partial charge in [0.1, 0.15) is 5.15 Å². The Morgan fingerprint density at radius 3 is 2.94 bits per heavy atom. The van der Waals surface area contributed by atoms with Crippen LogP contribution in [0.15, 0.2) is 12.3 Å². The maximum atomic E-state index is 5.98. The zero-order chi connectivity index (χ0) is 12.4. The fourth-order valence-electron chi connectivity index (χ4n) is 2.65. The number of pyridine rings is 1. The number of likely N-dealkylation sites (tertiary alicyclic amines) is 1. The average Bonchev–Trinajstić information content (AvgIpc) is 2.69. The van der Waals surface area contributed by atoms with Crippen LogP contribution in [0.25, 0.3) is 0 Å². The van der Waals surface area contributed by atoms with Crippen LogP contribution < -0.4 is 0 Å². The summed E-state index contributed by atoms with van der Waals surface area (Å²) in [6.45, 7) is 8.97. The van der Waals surface area contributed by atoms with E-state index in [1.54, 1.807) is 0 Å². The third kappa shape index (κ3) is 2.99. The molecule has 1 aromatic rings. The lowest BCUT2D eigenvalue weighted by Gasteiger charge is -2.26. The van der Waals surface area contributed by atoms with Crippen LogP contribution in [0, 0.1) is 12.8 Å². The van der Waals surface area contributed by atoms with E-state index in [9.17, 15) is 0 Å². The lowest BCUT2D eigenvalue weighted by atomic mass is 10.0. The molecule has 1 unspecified atom stereocenters. The minimum atomic E-state index is 0.542. The van der Waals surface area contributed by atoms with Crippen molar-refractivity contribution in [1.29, 1.82) is 0 Å². The number of hydrogen-bond acceptors (Lipinski definition) is 2. The van der Waals surface area contributed by atoms with Crippen LogP contribution in [0.3, 0.4) is 0 Å². The van der Waals surface area contributed by atoms with Crippen molar-refractivity contribution in [3.05, 3.63) is 28.5 Å². The summed E-state index contributed by atoms with van der Waals surface area (Å²) >= 11 is 5.98. The predicted octanol–water partition coefficient (Wildman–Crippen LogP) is 3.84. The smallest absolute Gasteiger partial charge is 0.131 e. The lowest BCUT2D eigenvalue weighted by molar-refractivity contribution is 0.228. The summed E-state index contributed by atoms with van der Waals surface area (Å²) in [4.78, 5) is 6.85. The molecule has 1 aliphatic rings. The first-order chi connectivity index (χ1) is 8.08. The Labute approximate surface area is 109 Å². The summed E-state index contributed by atoms with van der Waals surface area (Å²) in [6, 6.07) is 2.74. The van der Waals surface area contributed by atoms with Gasteiger partial charge in [0.05, 0.1) is 0 Å². The Bertz CT molecular complexity index is 390. The summed E-state index contributed by atoms with van der Waals surface area (Å²) in [5, 5.41) is 0.627. The zero-order valence-electron chi connectivity index (χ0n) is 10.9. The Balaban J connectivity index is 2.17. The molecule has 2 rings (SSSR count). The maximum Gasteiger partial charge on any atom is 0.131 e. The Morgan fingerprint density at radius 1 is 1.53 bits per heavy atom. The van der Waals surface area contributed by atoms with E-state index >= 15 is 0 Å². The molecule has 1 aliphatic heterocycles. The molecule has 0 aliphatic carbocycles. The third-order valence-corrected chi connectivity index (χ3v) is 3.78. The zero-order valence-corrected chi connectivity index (χ0v) is 11.7. The van der Waals surface area contributed by atoms with Crippen molar-refractivity contribution in [2.75, 3.05) is 13.1 Å². The van der Waals surface area contributed by atoms with Crippen molar-refractivity contribution < 1.29 is 0 Å². The molecule has 0 amide bonds. The lowest BCUT2D eigenvalue weighted by Crippen LogP contribution is -2.27. The van der Waals surface area contributed by atoms with Crippen molar-refractivity contribution in [3.63, 3.8) is 0 Å². The first-order valence-corrected chi connectivity index (χ1v) is 6.82. The summed E-state index contributed by atoms with van der Waals surface area (Å²) < 4.78 is 0. The van der Waals surface area contributed by atoms with Gasteiger partial charge in [-0.1, -0.05) is 25.4 Å². The second-order valence-corrected chi connectivity index (χ2v) is 5.78. The molecule has 2 nitrogen and oxygen atoms in total. The highest BCUT2D eigenvalue weighted by atomic mass is 35.5. The normalized spacial score (nSPS) is 21.4. The van der Waals surface area contributed by atoms with Gasteiger partial charge in [0.2, 0.25) is 0 Å². The van der Waals surface area contributed by atoms with Crippen molar-refractivity contribution in [3.8, 4) is 0 Å². The minimum absolute atomic E-state index is 0.542. The number of aryl methyl sites for hydroxylation is 1. The number of rotatable bonds is 3. The van der Waals surface area contributed by atoms with Crippen molar-refractivity contribution in [1.82, 2.24) is 9.88 Å². The van der Waals surface area contributed by atoms with E-state index < -0.39 is 0 Å². The van der Waals surface area contributed by atoms with Gasteiger partial charge in [0.15, 0.2) is 0 Å². The molecule has 0 bridgehead atoms. The molecule has 0 N–H and O–H groups in total. The quantitative estimate of drug-likeness (QED) is 0.760. The molecule has 94 valence electrons. The topological polar surface area (TPSA) is 16.1 Å². The maximum absolute atomic E-state index is 5.98. The van der Waals surface area contributed by atoms with Crippen LogP contribution in [0.1, 0.15) is 43.9 Å². The molecule has 0 saturated carbocycles. The van der Waals surface area contributed by atoms with Crippen LogP contribution in [-0.4, -0.2) is 23.0 Å². The molecule has 1 saturated heterocycles. The number of nitrogens with zero attached hydrogens (tertiary/aromatic N) is 2. The number of halogens is 1. The van der Waals surface area contributed by atoms with E-state index in [4.69, 9.17) is 11.6 Å². The highest BCUT2D eigenvalue weighted by Gasteiger charge is 2.26. The van der Waals surface area contributed by atoms with Crippen molar-refractivity contribution in [2.24, 2.45) is 5.92 Å². The number of hydrogen-bond donors (Lipinski definition) is 0. The average molecular weight is 253 g/mol. The summed E-state index contributed by atoms with van der Waals surface area (Å²) in [5.74, 6) is 0.719. The van der Waals surface area contributed by atoms with E-state index in [1.165, 1.54) is 31.5 Å². The first kappa shape index (κ1) is 12.8. The molecule has 17 heavy (non-hydrogen) atoms. The van der Waals surface area contributed by atoms with E-state index in [0.717, 1.165) is 11.5 Å². The van der Waals surface area contributed by atoms with Gasteiger partial charge in [-0.2, -0.15) is 0 Å². The van der Waals surface area contributed by atoms with E-state index in [-0.39, 0.29) is 0 Å². The van der Waals surface area contributed by atoms with E-state index in [1.807, 2.05) is 13.1 Å². The highest BCUT2D eigenvalue weighted by molar-refractivity contribution is 6.30. The number of aromatic nitrogens is 1. The molecular formula is C14H21ClN2. The molecule has 3 heteroatoms. The van der Waals surface area contributed by atoms with Gasteiger partial charge in [-0.3, -0.25) is 4.90 Å². The molecule has 1 fully saturated rings. The predicted molar refractivity (Wildman–Crippen MR) is 72.4 cm³/mol. The molecule has 2 heterocycles. The Morgan fingerprint density at radius 2 is 2.29 bits per heavy atom. The van der Waals surface area contributed by atoms with Crippen molar-refractivity contribution >= 4 is 11.6 Å². The van der Waals surface area contributed by atoms with Gasteiger partial charge in [-0.15, -0.1) is 0 Å². The van der Waals surface area contributed by atoms with Crippen LogP contribution in [0.5, 0.6) is 0 Å².